The Kier molecular flexibility index (Phi) is 6.44. The molecule has 1 aromatic carbocycles. The summed E-state index contributed by atoms with van der Waals surface area (Å²) in [7, 11) is 1.20. The van der Waals surface area contributed by atoms with Gasteiger partial charge in [-0.3, -0.25) is 4.74 Å². The fraction of sp³-hybridized carbons (Fsp3) is 0.400. The molecule has 0 amide bonds. The number of anilines is 1. The Labute approximate surface area is 173 Å². The Morgan fingerprint density at radius 1 is 1.10 bits per heavy atom. The second-order valence-electron chi connectivity index (χ2n) is 7.01. The Morgan fingerprint density at radius 2 is 1.77 bits per heavy atom. The van der Waals surface area contributed by atoms with Gasteiger partial charge in [0.05, 0.1) is 30.9 Å². The van der Waals surface area contributed by atoms with Crippen LogP contribution in [0.25, 0.3) is 0 Å². The van der Waals surface area contributed by atoms with Gasteiger partial charge in [0.15, 0.2) is 0 Å². The van der Waals surface area contributed by atoms with Crippen molar-refractivity contribution >= 4 is 11.8 Å². The minimum Gasteiger partial charge on any atom is -0.465 e. The molecule has 0 radical (unpaired) electrons. The summed E-state index contributed by atoms with van der Waals surface area (Å²) in [6.45, 7) is -0.442. The van der Waals surface area contributed by atoms with Gasteiger partial charge in [0.2, 0.25) is 0 Å². The van der Waals surface area contributed by atoms with Crippen molar-refractivity contribution in [3.63, 3.8) is 0 Å². The van der Waals surface area contributed by atoms with Crippen molar-refractivity contribution in [2.24, 2.45) is 0 Å². The zero-order valence-corrected chi connectivity index (χ0v) is 16.2. The number of carbonyl (C=O) groups is 1. The highest BCUT2D eigenvalue weighted by Gasteiger charge is 2.38. The van der Waals surface area contributed by atoms with Crippen molar-refractivity contribution in [1.82, 2.24) is 4.98 Å². The molecule has 168 valence electrons. The smallest absolute Gasteiger partial charge is 0.465 e. The van der Waals surface area contributed by atoms with Crippen LogP contribution in [0.2, 0.25) is 0 Å². The number of carbonyl (C=O) groups excluding carboxylic acids is 1. The highest BCUT2D eigenvalue weighted by Crippen LogP contribution is 2.37. The van der Waals surface area contributed by atoms with E-state index in [9.17, 15) is 31.1 Å². The summed E-state index contributed by atoms with van der Waals surface area (Å²) >= 11 is 0. The van der Waals surface area contributed by atoms with E-state index < -0.39 is 36.7 Å². The zero-order valence-electron chi connectivity index (χ0n) is 16.2. The third-order valence-electron chi connectivity index (χ3n) is 5.03. The van der Waals surface area contributed by atoms with Gasteiger partial charge < -0.3 is 9.64 Å². The SMILES string of the molecule is COC(=O)c1ccc(N2CC(c3ccc(C(F)(F)F)cc3)C[C@H]2COC(F)(F)F)nc1. The van der Waals surface area contributed by atoms with Crippen molar-refractivity contribution in [3.8, 4) is 0 Å². The topological polar surface area (TPSA) is 51.7 Å². The van der Waals surface area contributed by atoms with Gasteiger partial charge in [0, 0.05) is 18.7 Å². The summed E-state index contributed by atoms with van der Waals surface area (Å²) in [6, 6.07) is 6.73. The number of pyridine rings is 1. The van der Waals surface area contributed by atoms with Crippen molar-refractivity contribution in [2.45, 2.75) is 30.9 Å². The van der Waals surface area contributed by atoms with E-state index in [2.05, 4.69) is 14.5 Å². The average molecular weight is 448 g/mol. The van der Waals surface area contributed by atoms with E-state index in [1.54, 1.807) is 4.90 Å². The van der Waals surface area contributed by atoms with Crippen LogP contribution in [0.4, 0.5) is 32.2 Å². The molecule has 11 heteroatoms. The van der Waals surface area contributed by atoms with Gasteiger partial charge in [-0.2, -0.15) is 13.2 Å². The Morgan fingerprint density at radius 3 is 2.29 bits per heavy atom. The normalized spacial score (nSPS) is 19.5. The van der Waals surface area contributed by atoms with Gasteiger partial charge in [-0.05, 0) is 36.2 Å². The average Bonchev–Trinajstić information content (AvgIpc) is 3.15. The highest BCUT2D eigenvalue weighted by atomic mass is 19.4. The number of ether oxygens (including phenoxy) is 2. The lowest BCUT2D eigenvalue weighted by molar-refractivity contribution is -0.325. The first kappa shape index (κ1) is 22.9. The van der Waals surface area contributed by atoms with Gasteiger partial charge >= 0.3 is 18.5 Å². The predicted molar refractivity (Wildman–Crippen MR) is 97.5 cm³/mol. The van der Waals surface area contributed by atoms with Crippen molar-refractivity contribution in [3.05, 3.63) is 59.3 Å². The lowest BCUT2D eigenvalue weighted by atomic mass is 9.95. The first-order chi connectivity index (χ1) is 14.5. The number of rotatable bonds is 5. The molecule has 3 rings (SSSR count). The fourth-order valence-electron chi connectivity index (χ4n) is 3.53. The molecular weight excluding hydrogens is 430 g/mol. The molecule has 2 heterocycles. The lowest BCUT2D eigenvalue weighted by Crippen LogP contribution is -2.35. The first-order valence-corrected chi connectivity index (χ1v) is 9.17. The molecular formula is C20H18F6N2O3. The summed E-state index contributed by atoms with van der Waals surface area (Å²) in [4.78, 5) is 17.3. The molecule has 2 aromatic rings. The van der Waals surface area contributed by atoms with Crippen molar-refractivity contribution < 1.29 is 40.6 Å². The number of halogens is 6. The number of alkyl halides is 6. The summed E-state index contributed by atoms with van der Waals surface area (Å²) in [6.07, 6.45) is -7.83. The maximum atomic E-state index is 12.8. The standard InChI is InChI=1S/C20H18F6N2O3/c1-30-18(29)13-4-7-17(27-9-13)28-10-14(8-16(28)11-31-20(24,25)26)12-2-5-15(6-3-12)19(21,22)23/h2-7,9,14,16H,8,10-11H2,1H3/t14?,16-/m0/s1. The number of hydrogen-bond acceptors (Lipinski definition) is 5. The van der Waals surface area contributed by atoms with Gasteiger partial charge in [-0.25, -0.2) is 9.78 Å². The molecule has 0 aliphatic carbocycles. The highest BCUT2D eigenvalue weighted by molar-refractivity contribution is 5.89. The molecule has 0 spiro atoms. The van der Waals surface area contributed by atoms with E-state index in [0.29, 0.717) is 11.4 Å². The van der Waals surface area contributed by atoms with E-state index in [1.807, 2.05) is 0 Å². The van der Waals surface area contributed by atoms with Gasteiger partial charge in [-0.15, -0.1) is 13.2 Å². The molecule has 1 unspecified atom stereocenters. The Bertz CT molecular complexity index is 897. The van der Waals surface area contributed by atoms with Crippen LogP contribution >= 0.6 is 0 Å². The van der Waals surface area contributed by atoms with Crippen molar-refractivity contribution in [1.29, 1.82) is 0 Å². The Hall–Kier alpha value is -2.82. The molecule has 1 aliphatic rings. The molecule has 1 aliphatic heterocycles. The van der Waals surface area contributed by atoms with Crippen molar-refractivity contribution in [2.75, 3.05) is 25.2 Å². The quantitative estimate of drug-likeness (QED) is 0.487. The summed E-state index contributed by atoms with van der Waals surface area (Å²) < 4.78 is 84.7. The van der Waals surface area contributed by atoms with Gasteiger partial charge in [0.1, 0.15) is 5.82 Å². The Balaban J connectivity index is 1.82. The van der Waals surface area contributed by atoms with E-state index in [1.165, 1.54) is 37.6 Å². The largest absolute Gasteiger partial charge is 0.522 e. The summed E-state index contributed by atoms with van der Waals surface area (Å²) in [5, 5.41) is 0. The van der Waals surface area contributed by atoms with Gasteiger partial charge in [-0.1, -0.05) is 12.1 Å². The molecule has 0 bridgehead atoms. The zero-order chi connectivity index (χ0) is 22.8. The second-order valence-corrected chi connectivity index (χ2v) is 7.01. The van der Waals surface area contributed by atoms with Gasteiger partial charge in [0.25, 0.3) is 0 Å². The summed E-state index contributed by atoms with van der Waals surface area (Å²) in [5.74, 6) is -0.621. The van der Waals surface area contributed by atoms with Crippen LogP contribution in [-0.2, 0) is 15.7 Å². The molecule has 1 aromatic heterocycles. The third kappa shape index (κ3) is 5.66. The molecule has 0 N–H and O–H groups in total. The molecule has 2 atom stereocenters. The maximum absolute atomic E-state index is 12.8. The number of aromatic nitrogens is 1. The van der Waals surface area contributed by atoms with Crippen LogP contribution < -0.4 is 4.90 Å². The third-order valence-corrected chi connectivity index (χ3v) is 5.03. The minimum absolute atomic E-state index is 0.174. The molecule has 31 heavy (non-hydrogen) atoms. The molecule has 0 saturated carbocycles. The maximum Gasteiger partial charge on any atom is 0.522 e. The number of benzene rings is 1. The number of nitrogens with zero attached hydrogens (tertiary/aromatic N) is 2. The predicted octanol–water partition coefficient (Wildman–Crippen LogP) is 4.79. The van der Waals surface area contributed by atoms with E-state index in [0.717, 1.165) is 12.1 Å². The van der Waals surface area contributed by atoms with Crippen LogP contribution in [0.5, 0.6) is 0 Å². The first-order valence-electron chi connectivity index (χ1n) is 9.17. The van der Waals surface area contributed by atoms with Crippen LogP contribution in [-0.4, -0.2) is 43.6 Å². The second kappa shape index (κ2) is 8.74. The molecule has 1 fully saturated rings. The van der Waals surface area contributed by atoms with Crippen LogP contribution in [0.3, 0.4) is 0 Å². The van der Waals surface area contributed by atoms with Crippen LogP contribution in [0.1, 0.15) is 33.8 Å². The summed E-state index contributed by atoms with van der Waals surface area (Å²) in [5.41, 5.74) is -0.0605. The molecule has 5 nitrogen and oxygen atoms in total. The minimum atomic E-state index is -4.82. The number of esters is 1. The van der Waals surface area contributed by atoms with E-state index >= 15 is 0 Å². The van der Waals surface area contributed by atoms with E-state index in [4.69, 9.17) is 0 Å². The number of methoxy groups -OCH3 is 1. The van der Waals surface area contributed by atoms with E-state index in [-0.39, 0.29) is 24.4 Å². The monoisotopic (exact) mass is 448 g/mol. The van der Waals surface area contributed by atoms with Crippen LogP contribution in [0, 0.1) is 0 Å². The fourth-order valence-corrected chi connectivity index (χ4v) is 3.53. The number of hydrogen-bond donors (Lipinski definition) is 0. The lowest BCUT2D eigenvalue weighted by Gasteiger charge is -2.26. The van der Waals surface area contributed by atoms with Crippen LogP contribution in [0.15, 0.2) is 42.6 Å². The molecule has 1 saturated heterocycles.